The Morgan fingerprint density at radius 1 is 0.812 bits per heavy atom. The predicted molar refractivity (Wildman–Crippen MR) is 69.9 cm³/mol. The van der Waals surface area contributed by atoms with Crippen molar-refractivity contribution in [2.24, 2.45) is 22.0 Å². The average Bonchev–Trinajstić information content (AvgIpc) is 2.37. The summed E-state index contributed by atoms with van der Waals surface area (Å²) in [4.78, 5) is 0. The summed E-state index contributed by atoms with van der Waals surface area (Å²) < 4.78 is 0. The molecule has 16 heavy (non-hydrogen) atoms. The highest BCUT2D eigenvalue weighted by Crippen LogP contribution is 2.16. The van der Waals surface area contributed by atoms with Crippen LogP contribution in [0.3, 0.4) is 0 Å². The molecule has 0 spiro atoms. The molecule has 0 saturated heterocycles. The first-order valence-corrected chi connectivity index (χ1v) is 6.35. The van der Waals surface area contributed by atoms with E-state index >= 15 is 0 Å². The van der Waals surface area contributed by atoms with E-state index in [0.717, 1.165) is 0 Å². The molecule has 0 aromatic carbocycles. The van der Waals surface area contributed by atoms with Crippen molar-refractivity contribution in [3.63, 3.8) is 0 Å². The highest BCUT2D eigenvalue weighted by atomic mass is 15.2. The molecule has 2 aliphatic rings. The van der Waals surface area contributed by atoms with E-state index in [1.807, 2.05) is 12.4 Å². The van der Waals surface area contributed by atoms with Crippen LogP contribution in [-0.2, 0) is 0 Å². The minimum Gasteiger partial charge on any atom is -0.163 e. The molecule has 0 aromatic rings. The summed E-state index contributed by atoms with van der Waals surface area (Å²) in [6.07, 6.45) is 20.4. The van der Waals surface area contributed by atoms with Gasteiger partial charge in [-0.2, -0.15) is 10.2 Å². The van der Waals surface area contributed by atoms with Gasteiger partial charge >= 0.3 is 0 Å². The molecule has 2 aliphatic carbocycles. The Balaban J connectivity index is 1.76. The SMILES string of the molecule is C1=CC(C=NN=CC2C=CCCC2)CCC1. The van der Waals surface area contributed by atoms with Crippen molar-refractivity contribution in [3.05, 3.63) is 24.3 Å². The second kappa shape index (κ2) is 6.41. The van der Waals surface area contributed by atoms with E-state index in [4.69, 9.17) is 0 Å². The Morgan fingerprint density at radius 3 is 1.69 bits per heavy atom. The number of rotatable bonds is 3. The quantitative estimate of drug-likeness (QED) is 0.390. The summed E-state index contributed by atoms with van der Waals surface area (Å²) in [6.45, 7) is 0. The van der Waals surface area contributed by atoms with Gasteiger partial charge in [-0.3, -0.25) is 0 Å². The Hall–Kier alpha value is -1.18. The van der Waals surface area contributed by atoms with Crippen LogP contribution in [0.1, 0.15) is 38.5 Å². The molecular weight excluding hydrogens is 196 g/mol. The largest absolute Gasteiger partial charge is 0.163 e. The molecule has 2 unspecified atom stereocenters. The van der Waals surface area contributed by atoms with Crippen LogP contribution < -0.4 is 0 Å². The first kappa shape index (κ1) is 11.3. The minimum absolute atomic E-state index is 0.507. The highest BCUT2D eigenvalue weighted by Gasteiger charge is 2.05. The van der Waals surface area contributed by atoms with Gasteiger partial charge in [0.1, 0.15) is 0 Å². The van der Waals surface area contributed by atoms with Crippen LogP contribution in [0, 0.1) is 11.8 Å². The van der Waals surface area contributed by atoms with Crippen molar-refractivity contribution in [1.29, 1.82) is 0 Å². The number of nitrogens with zero attached hydrogens (tertiary/aromatic N) is 2. The maximum atomic E-state index is 4.15. The Bertz CT molecular complexity index is 281. The minimum atomic E-state index is 0.507. The summed E-state index contributed by atoms with van der Waals surface area (Å²) in [6, 6.07) is 0. The predicted octanol–water partition coefficient (Wildman–Crippen LogP) is 3.76. The van der Waals surface area contributed by atoms with Gasteiger partial charge in [0.15, 0.2) is 0 Å². The molecule has 0 heterocycles. The van der Waals surface area contributed by atoms with E-state index in [9.17, 15) is 0 Å². The molecular formula is C14H20N2. The fourth-order valence-electron chi connectivity index (χ4n) is 2.17. The lowest BCUT2D eigenvalue weighted by Gasteiger charge is -2.10. The van der Waals surface area contributed by atoms with Gasteiger partial charge in [0.2, 0.25) is 0 Å². The van der Waals surface area contributed by atoms with E-state index < -0.39 is 0 Å². The third kappa shape index (κ3) is 3.76. The zero-order chi connectivity index (χ0) is 11.1. The van der Waals surface area contributed by atoms with Crippen LogP contribution in [0.4, 0.5) is 0 Å². The number of hydrogen-bond acceptors (Lipinski definition) is 2. The first-order valence-electron chi connectivity index (χ1n) is 6.35. The molecule has 0 fully saturated rings. The summed E-state index contributed by atoms with van der Waals surface area (Å²) in [5.74, 6) is 1.01. The highest BCUT2D eigenvalue weighted by molar-refractivity contribution is 5.67. The molecule has 0 radical (unpaired) electrons. The van der Waals surface area contributed by atoms with Gasteiger partial charge in [0.05, 0.1) is 0 Å². The summed E-state index contributed by atoms with van der Waals surface area (Å²) in [7, 11) is 0. The van der Waals surface area contributed by atoms with Crippen molar-refractivity contribution in [3.8, 4) is 0 Å². The second-order valence-electron chi connectivity index (χ2n) is 4.57. The zero-order valence-corrected chi connectivity index (χ0v) is 9.76. The zero-order valence-electron chi connectivity index (χ0n) is 9.76. The number of allylic oxidation sites excluding steroid dienone is 4. The van der Waals surface area contributed by atoms with E-state index in [0.29, 0.717) is 11.8 Å². The fourth-order valence-corrected chi connectivity index (χ4v) is 2.17. The summed E-state index contributed by atoms with van der Waals surface area (Å²) >= 11 is 0. The van der Waals surface area contributed by atoms with Crippen LogP contribution in [0.2, 0.25) is 0 Å². The standard InChI is InChI=1S/C14H20N2/c1-3-7-13(8-4-1)11-15-16-12-14-9-5-2-6-10-14/h3,5,7,9,11-14H,1-2,4,6,8,10H2. The van der Waals surface area contributed by atoms with Gasteiger partial charge in [-0.15, -0.1) is 0 Å². The smallest absolute Gasteiger partial charge is 0.0338 e. The molecule has 0 amide bonds. The van der Waals surface area contributed by atoms with Crippen molar-refractivity contribution in [2.45, 2.75) is 38.5 Å². The molecule has 2 heteroatoms. The summed E-state index contributed by atoms with van der Waals surface area (Å²) in [5, 5.41) is 8.30. The van der Waals surface area contributed by atoms with Crippen molar-refractivity contribution < 1.29 is 0 Å². The van der Waals surface area contributed by atoms with Crippen molar-refractivity contribution in [1.82, 2.24) is 0 Å². The van der Waals surface area contributed by atoms with Crippen LogP contribution in [0.5, 0.6) is 0 Å². The van der Waals surface area contributed by atoms with E-state index in [-0.39, 0.29) is 0 Å². The van der Waals surface area contributed by atoms with Crippen LogP contribution in [0.25, 0.3) is 0 Å². The first-order chi connectivity index (χ1) is 7.95. The van der Waals surface area contributed by atoms with Crippen LogP contribution >= 0.6 is 0 Å². The summed E-state index contributed by atoms with van der Waals surface area (Å²) in [5.41, 5.74) is 0. The molecule has 0 saturated carbocycles. The normalized spacial score (nSPS) is 30.5. The van der Waals surface area contributed by atoms with Crippen molar-refractivity contribution >= 4 is 12.4 Å². The van der Waals surface area contributed by atoms with Crippen LogP contribution in [0.15, 0.2) is 34.5 Å². The molecule has 2 rings (SSSR count). The third-order valence-corrected chi connectivity index (χ3v) is 3.17. The van der Waals surface area contributed by atoms with E-state index in [1.54, 1.807) is 0 Å². The maximum absolute atomic E-state index is 4.15. The van der Waals surface area contributed by atoms with Gasteiger partial charge in [0, 0.05) is 24.3 Å². The molecule has 0 aliphatic heterocycles. The lowest BCUT2D eigenvalue weighted by Crippen LogP contribution is -2.02. The monoisotopic (exact) mass is 216 g/mol. The van der Waals surface area contributed by atoms with Crippen LogP contribution in [-0.4, -0.2) is 12.4 Å². The fraction of sp³-hybridized carbons (Fsp3) is 0.571. The second-order valence-corrected chi connectivity index (χ2v) is 4.57. The lowest BCUT2D eigenvalue weighted by atomic mass is 9.97. The molecule has 86 valence electrons. The Morgan fingerprint density at radius 2 is 1.31 bits per heavy atom. The van der Waals surface area contributed by atoms with E-state index in [1.165, 1.54) is 38.5 Å². The molecule has 0 aromatic heterocycles. The van der Waals surface area contributed by atoms with E-state index in [2.05, 4.69) is 34.5 Å². The van der Waals surface area contributed by atoms with Gasteiger partial charge in [0.25, 0.3) is 0 Å². The van der Waals surface area contributed by atoms with Gasteiger partial charge in [-0.1, -0.05) is 24.3 Å². The molecule has 0 bridgehead atoms. The Labute approximate surface area is 97.9 Å². The van der Waals surface area contributed by atoms with Gasteiger partial charge < -0.3 is 0 Å². The third-order valence-electron chi connectivity index (χ3n) is 3.17. The number of hydrogen-bond donors (Lipinski definition) is 0. The molecule has 2 nitrogen and oxygen atoms in total. The average molecular weight is 216 g/mol. The van der Waals surface area contributed by atoms with Gasteiger partial charge in [-0.25, -0.2) is 0 Å². The molecule has 0 N–H and O–H groups in total. The maximum Gasteiger partial charge on any atom is 0.0338 e. The Kier molecular flexibility index (Phi) is 4.53. The molecule has 2 atom stereocenters. The lowest BCUT2D eigenvalue weighted by molar-refractivity contribution is 0.658. The topological polar surface area (TPSA) is 24.7 Å². The van der Waals surface area contributed by atoms with Gasteiger partial charge in [-0.05, 0) is 38.5 Å². The van der Waals surface area contributed by atoms with Crippen molar-refractivity contribution in [2.75, 3.05) is 0 Å².